The summed E-state index contributed by atoms with van der Waals surface area (Å²) < 4.78 is 88.7. The van der Waals surface area contributed by atoms with Gasteiger partial charge in [-0.3, -0.25) is 4.79 Å². The van der Waals surface area contributed by atoms with E-state index in [0.717, 1.165) is 11.6 Å². The van der Waals surface area contributed by atoms with Gasteiger partial charge in [0.2, 0.25) is 0 Å². The van der Waals surface area contributed by atoms with Crippen molar-refractivity contribution in [1.82, 2.24) is 0 Å². The zero-order chi connectivity index (χ0) is 31.7. The first-order valence-electron chi connectivity index (χ1n) is 13.0. The summed E-state index contributed by atoms with van der Waals surface area (Å²) in [5, 5.41) is 0. The van der Waals surface area contributed by atoms with E-state index in [9.17, 15) is 22.2 Å². The summed E-state index contributed by atoms with van der Waals surface area (Å²) in [5.41, 5.74) is -0.719. The first kappa shape index (κ1) is 36.6. The number of hydrogen-bond acceptors (Lipinski definition) is 8. The van der Waals surface area contributed by atoms with Crippen LogP contribution in [0, 0.1) is 6.92 Å². The second kappa shape index (κ2) is 16.0. The van der Waals surface area contributed by atoms with E-state index >= 15 is 0 Å². The molecule has 42 heavy (non-hydrogen) atoms. The maximum atomic E-state index is 14.7. The lowest BCUT2D eigenvalue weighted by atomic mass is 10.1. The molecule has 2 rings (SSSR count). The third kappa shape index (κ3) is 10.6. The van der Waals surface area contributed by atoms with Crippen molar-refractivity contribution in [3.63, 3.8) is 0 Å². The van der Waals surface area contributed by atoms with Crippen LogP contribution in [0.1, 0.15) is 56.9 Å². The molecule has 0 fully saturated rings. The first-order chi connectivity index (χ1) is 19.5. The fraction of sp³-hybridized carbons (Fsp3) is 0.536. The van der Waals surface area contributed by atoms with Crippen LogP contribution in [-0.4, -0.2) is 49.1 Å². The van der Waals surface area contributed by atoms with E-state index in [-0.39, 0.29) is 40.0 Å². The predicted molar refractivity (Wildman–Crippen MR) is 158 cm³/mol. The molecule has 0 aliphatic heterocycles. The summed E-state index contributed by atoms with van der Waals surface area (Å²) in [7, 11) is -3.81. The number of carbonyl (C=O) groups excluding carboxylic acids is 1. The van der Waals surface area contributed by atoms with Gasteiger partial charge in [-0.1, -0.05) is 31.9 Å². The third-order valence-electron chi connectivity index (χ3n) is 5.54. The number of alkyl halides is 3. The third-order valence-corrected chi connectivity index (χ3v) is 9.19. The van der Waals surface area contributed by atoms with E-state index in [1.54, 1.807) is 40.7 Å². The quantitative estimate of drug-likeness (QED) is 0.111. The van der Waals surface area contributed by atoms with Crippen molar-refractivity contribution in [3.05, 3.63) is 55.5 Å². The van der Waals surface area contributed by atoms with Gasteiger partial charge in [-0.05, 0) is 76.9 Å². The molecule has 8 nitrogen and oxygen atoms in total. The van der Waals surface area contributed by atoms with Crippen LogP contribution in [-0.2, 0) is 57.6 Å². The Bertz CT molecular complexity index is 1330. The van der Waals surface area contributed by atoms with Crippen molar-refractivity contribution < 1.29 is 45.9 Å². The monoisotopic (exact) mass is 745 g/mol. The fourth-order valence-electron chi connectivity index (χ4n) is 3.63. The van der Waals surface area contributed by atoms with Crippen molar-refractivity contribution in [2.45, 2.75) is 76.3 Å². The van der Waals surface area contributed by atoms with E-state index in [1.807, 2.05) is 6.92 Å². The van der Waals surface area contributed by atoms with Gasteiger partial charge in [0.05, 0.1) is 28.6 Å². The Morgan fingerprint density at radius 1 is 0.857 bits per heavy atom. The molecule has 0 heterocycles. The summed E-state index contributed by atoms with van der Waals surface area (Å²) in [5.74, 6) is -0.775. The number of ether oxygens (including phenoxy) is 5. The van der Waals surface area contributed by atoms with Crippen molar-refractivity contribution in [2.24, 2.45) is 4.36 Å². The van der Waals surface area contributed by atoms with Gasteiger partial charge in [-0.2, -0.15) is 13.2 Å². The molecule has 1 atom stereocenters. The van der Waals surface area contributed by atoms with Crippen LogP contribution in [0.2, 0.25) is 0 Å². The van der Waals surface area contributed by atoms with Gasteiger partial charge < -0.3 is 23.7 Å². The van der Waals surface area contributed by atoms with Crippen LogP contribution in [0.15, 0.2) is 47.4 Å². The Kier molecular flexibility index (Phi) is 13.9. The molecule has 0 radical (unpaired) electrons. The van der Waals surface area contributed by atoms with Gasteiger partial charge in [0, 0.05) is 27.7 Å². The molecule has 0 aliphatic carbocycles. The van der Waals surface area contributed by atoms with Crippen LogP contribution in [0.25, 0.3) is 0 Å². The molecule has 2 aromatic carbocycles. The Morgan fingerprint density at radius 2 is 1.36 bits per heavy atom. The highest BCUT2D eigenvalue weighted by Gasteiger charge is 2.36. The summed E-state index contributed by atoms with van der Waals surface area (Å²) >= 11 is 6.68. The Hall–Kier alpha value is -1.55. The molecular formula is C28H36Br2F3NO7S. The maximum absolute atomic E-state index is 14.7. The second-order valence-corrected chi connectivity index (χ2v) is 13.9. The molecule has 0 N–H and O–H groups in total. The number of esters is 1. The number of nitrogens with zero attached hydrogens (tertiary/aromatic N) is 1. The zero-order valence-corrected chi connectivity index (χ0v) is 28.4. The molecule has 236 valence electrons. The highest BCUT2D eigenvalue weighted by Crippen LogP contribution is 2.40. The summed E-state index contributed by atoms with van der Waals surface area (Å²) in [6, 6.07) is 5.16. The molecule has 0 spiro atoms. The Morgan fingerprint density at radius 3 is 1.83 bits per heavy atom. The molecule has 1 unspecified atom stereocenters. The normalized spacial score (nSPS) is 13.6. The van der Waals surface area contributed by atoms with E-state index < -0.39 is 46.2 Å². The molecule has 2 aromatic rings. The fourth-order valence-corrected chi connectivity index (χ4v) is 7.21. The van der Waals surface area contributed by atoms with Gasteiger partial charge in [0.15, 0.2) is 0 Å². The molecular weight excluding hydrogens is 711 g/mol. The lowest BCUT2D eigenvalue weighted by Gasteiger charge is -2.21. The van der Waals surface area contributed by atoms with Crippen LogP contribution in [0.3, 0.4) is 0 Å². The lowest BCUT2D eigenvalue weighted by Crippen LogP contribution is -2.25. The number of rotatable bonds is 14. The van der Waals surface area contributed by atoms with Gasteiger partial charge in [-0.25, -0.2) is 8.57 Å². The number of carbonyl (C=O) groups is 1. The van der Waals surface area contributed by atoms with Crippen molar-refractivity contribution in [1.29, 1.82) is 0 Å². The molecule has 0 aliphatic rings. The second-order valence-electron chi connectivity index (χ2n) is 9.95. The minimum absolute atomic E-state index is 0.0146. The smallest absolute Gasteiger partial charge is 0.416 e. The zero-order valence-electron chi connectivity index (χ0n) is 24.4. The molecule has 0 amide bonds. The predicted octanol–water partition coefficient (Wildman–Crippen LogP) is 7.79. The number of benzene rings is 2. The standard InChI is InChI=1S/C28H36Br2F3NO7S/c1-7-37-16-39-14-21-18(3)9-19(11-24(21)29)42(36,34-13-26(35)41-27(4,5)6)20-10-23(28(31,32)33)22(25(30)12-20)15-40-17-38-8-2/h9-12H,7-8,13-17H2,1-6H3. The SMILES string of the molecule is CCOCOCc1c(C)cc(S(=O)(=NCC(=O)OC(C)(C)C)c2cc(Br)c(COCOCC)c(C(F)(F)F)c2)cc1Br. The van der Waals surface area contributed by atoms with Crippen molar-refractivity contribution in [3.8, 4) is 0 Å². The Balaban J connectivity index is 2.72. The summed E-state index contributed by atoms with van der Waals surface area (Å²) in [6.45, 7) is 10.1. The minimum atomic E-state index is -4.81. The van der Waals surface area contributed by atoms with Gasteiger partial charge in [0.25, 0.3) is 0 Å². The Labute approximate surface area is 262 Å². The van der Waals surface area contributed by atoms with Crippen molar-refractivity contribution in [2.75, 3.05) is 33.3 Å². The molecule has 0 aromatic heterocycles. The lowest BCUT2D eigenvalue weighted by molar-refractivity contribution is -0.152. The molecule has 0 bridgehead atoms. The first-order valence-corrected chi connectivity index (χ1v) is 16.1. The summed E-state index contributed by atoms with van der Waals surface area (Å²) in [6.07, 6.45) is -4.81. The van der Waals surface area contributed by atoms with Gasteiger partial charge >= 0.3 is 12.1 Å². The summed E-state index contributed by atoms with van der Waals surface area (Å²) in [4.78, 5) is 12.4. The van der Waals surface area contributed by atoms with Crippen molar-refractivity contribution >= 4 is 47.6 Å². The number of halogens is 5. The van der Waals surface area contributed by atoms with E-state index in [2.05, 4.69) is 36.2 Å². The number of hydrogen-bond donors (Lipinski definition) is 0. The van der Waals surface area contributed by atoms with Crippen LogP contribution in [0.4, 0.5) is 13.2 Å². The average molecular weight is 747 g/mol. The topological polar surface area (TPSA) is 92.7 Å². The molecule has 0 saturated heterocycles. The van der Waals surface area contributed by atoms with Crippen LogP contribution >= 0.6 is 31.9 Å². The maximum Gasteiger partial charge on any atom is 0.416 e. The average Bonchev–Trinajstić information content (AvgIpc) is 2.87. The largest absolute Gasteiger partial charge is 0.459 e. The van der Waals surface area contributed by atoms with E-state index in [1.165, 1.54) is 12.1 Å². The van der Waals surface area contributed by atoms with E-state index in [0.29, 0.717) is 23.2 Å². The minimum Gasteiger partial charge on any atom is -0.459 e. The highest BCUT2D eigenvalue weighted by molar-refractivity contribution is 9.10. The van der Waals surface area contributed by atoms with E-state index in [4.69, 9.17) is 23.7 Å². The highest BCUT2D eigenvalue weighted by atomic mass is 79.9. The number of aryl methyl sites for hydroxylation is 1. The van der Waals surface area contributed by atoms with Crippen LogP contribution in [0.5, 0.6) is 0 Å². The molecule has 0 saturated carbocycles. The van der Waals surface area contributed by atoms with Gasteiger partial charge in [0.1, 0.15) is 35.5 Å². The molecule has 14 heteroatoms. The van der Waals surface area contributed by atoms with Gasteiger partial charge in [-0.15, -0.1) is 0 Å². The van der Waals surface area contributed by atoms with Crippen LogP contribution < -0.4 is 0 Å².